The molecule has 7 heteroatoms. The molecule has 1 aliphatic carbocycles. The van der Waals surface area contributed by atoms with Gasteiger partial charge in [-0.3, -0.25) is 9.59 Å². The Bertz CT molecular complexity index is 775. The van der Waals surface area contributed by atoms with Gasteiger partial charge in [0, 0.05) is 17.7 Å². The van der Waals surface area contributed by atoms with Crippen LogP contribution in [0.3, 0.4) is 0 Å². The molecule has 2 aromatic rings. The van der Waals surface area contributed by atoms with Crippen molar-refractivity contribution in [2.45, 2.75) is 19.0 Å². The largest absolute Gasteiger partial charge is 0.451 e. The molecule has 21 heavy (non-hydrogen) atoms. The molecule has 1 fully saturated rings. The van der Waals surface area contributed by atoms with Gasteiger partial charge in [0.1, 0.15) is 5.58 Å². The van der Waals surface area contributed by atoms with Crippen LogP contribution in [0.5, 0.6) is 0 Å². The fourth-order valence-electron chi connectivity index (χ4n) is 1.96. The lowest BCUT2D eigenvalue weighted by Gasteiger charge is -2.08. The van der Waals surface area contributed by atoms with Crippen LogP contribution in [0.25, 0.3) is 11.0 Å². The van der Waals surface area contributed by atoms with Gasteiger partial charge in [0.15, 0.2) is 5.43 Å². The van der Waals surface area contributed by atoms with Crippen LogP contribution >= 0.6 is 0 Å². The molecule has 0 aliphatic heterocycles. The second kappa shape index (κ2) is 4.61. The second-order valence-electron chi connectivity index (χ2n) is 4.95. The van der Waals surface area contributed by atoms with Crippen LogP contribution in [0.4, 0.5) is 18.9 Å². The first-order valence-corrected chi connectivity index (χ1v) is 6.30. The quantitative estimate of drug-likeness (QED) is 0.926. The maximum atomic E-state index is 12.6. The molecule has 1 aromatic carbocycles. The summed E-state index contributed by atoms with van der Waals surface area (Å²) in [5.41, 5.74) is -0.600. The Morgan fingerprint density at radius 1 is 1.24 bits per heavy atom. The smallest absolute Gasteiger partial charge is 0.449 e. The third kappa shape index (κ3) is 2.76. The number of nitrogens with one attached hydrogen (secondary N) is 1. The molecule has 0 bridgehead atoms. The third-order valence-electron chi connectivity index (χ3n) is 3.22. The Balaban J connectivity index is 2.00. The minimum Gasteiger partial charge on any atom is -0.451 e. The molecule has 1 saturated carbocycles. The number of rotatable bonds is 2. The van der Waals surface area contributed by atoms with Crippen molar-refractivity contribution in [1.82, 2.24) is 0 Å². The topological polar surface area (TPSA) is 59.3 Å². The zero-order valence-electron chi connectivity index (χ0n) is 10.7. The third-order valence-corrected chi connectivity index (χ3v) is 3.22. The highest BCUT2D eigenvalue weighted by atomic mass is 19.4. The molecular weight excluding hydrogens is 287 g/mol. The van der Waals surface area contributed by atoms with Crippen molar-refractivity contribution in [3.05, 3.63) is 40.2 Å². The highest BCUT2D eigenvalue weighted by Gasteiger charge is 2.35. The molecule has 1 aromatic heterocycles. The molecule has 1 aliphatic rings. The summed E-state index contributed by atoms with van der Waals surface area (Å²) < 4.78 is 42.3. The molecule has 1 heterocycles. The van der Waals surface area contributed by atoms with Gasteiger partial charge >= 0.3 is 6.18 Å². The number of fused-ring (bicyclic) bond motifs is 1. The van der Waals surface area contributed by atoms with E-state index in [0.29, 0.717) is 11.8 Å². The maximum Gasteiger partial charge on any atom is 0.449 e. The van der Waals surface area contributed by atoms with Crippen molar-refractivity contribution in [1.29, 1.82) is 0 Å². The number of anilines is 1. The van der Waals surface area contributed by atoms with Crippen LogP contribution in [0.2, 0.25) is 0 Å². The van der Waals surface area contributed by atoms with E-state index >= 15 is 0 Å². The fourth-order valence-corrected chi connectivity index (χ4v) is 1.96. The molecule has 0 unspecified atom stereocenters. The first-order valence-electron chi connectivity index (χ1n) is 6.30. The first kappa shape index (κ1) is 13.7. The van der Waals surface area contributed by atoms with Crippen molar-refractivity contribution < 1.29 is 22.4 Å². The summed E-state index contributed by atoms with van der Waals surface area (Å²) in [6.07, 6.45) is -3.06. The van der Waals surface area contributed by atoms with Gasteiger partial charge in [-0.15, -0.1) is 0 Å². The van der Waals surface area contributed by atoms with E-state index in [1.165, 1.54) is 18.2 Å². The van der Waals surface area contributed by atoms with Gasteiger partial charge in [-0.2, -0.15) is 13.2 Å². The average molecular weight is 297 g/mol. The molecule has 1 N–H and O–H groups in total. The molecule has 0 saturated heterocycles. The Labute approximate surface area is 116 Å². The summed E-state index contributed by atoms with van der Waals surface area (Å²) in [6, 6.07) is 4.39. The van der Waals surface area contributed by atoms with Gasteiger partial charge in [0.05, 0.1) is 5.39 Å². The summed E-state index contributed by atoms with van der Waals surface area (Å²) in [7, 11) is 0. The standard InChI is InChI=1S/C14H10F3NO3/c15-14(16,17)12-6-10(19)9-5-8(3-4-11(9)21-12)18-13(20)7-1-2-7/h3-7H,1-2H2,(H,18,20). The van der Waals surface area contributed by atoms with Crippen molar-refractivity contribution in [2.75, 3.05) is 5.32 Å². The lowest BCUT2D eigenvalue weighted by molar-refractivity contribution is -0.152. The highest BCUT2D eigenvalue weighted by molar-refractivity contribution is 5.95. The molecule has 1 amide bonds. The number of hydrogen-bond donors (Lipinski definition) is 1. The minimum atomic E-state index is -4.72. The van der Waals surface area contributed by atoms with E-state index in [0.717, 1.165) is 12.8 Å². The van der Waals surface area contributed by atoms with E-state index in [1.54, 1.807) is 0 Å². The Morgan fingerprint density at radius 2 is 1.95 bits per heavy atom. The monoisotopic (exact) mass is 297 g/mol. The predicted molar refractivity (Wildman–Crippen MR) is 68.8 cm³/mol. The zero-order chi connectivity index (χ0) is 15.2. The molecule has 0 atom stereocenters. The van der Waals surface area contributed by atoms with E-state index < -0.39 is 17.4 Å². The Morgan fingerprint density at radius 3 is 2.57 bits per heavy atom. The Kier molecular flexibility index (Phi) is 3.00. The van der Waals surface area contributed by atoms with Crippen LogP contribution in [-0.2, 0) is 11.0 Å². The molecular formula is C14H10F3NO3. The maximum absolute atomic E-state index is 12.6. The molecule has 0 radical (unpaired) electrons. The van der Waals surface area contributed by atoms with Crippen molar-refractivity contribution >= 4 is 22.6 Å². The van der Waals surface area contributed by atoms with Gasteiger partial charge in [0.25, 0.3) is 0 Å². The summed E-state index contributed by atoms with van der Waals surface area (Å²) >= 11 is 0. The van der Waals surface area contributed by atoms with Crippen molar-refractivity contribution in [3.8, 4) is 0 Å². The normalized spacial score (nSPS) is 15.2. The van der Waals surface area contributed by atoms with Crippen molar-refractivity contribution in [2.24, 2.45) is 5.92 Å². The minimum absolute atomic E-state index is 0.00315. The van der Waals surface area contributed by atoms with Gasteiger partial charge in [0.2, 0.25) is 11.7 Å². The van der Waals surface area contributed by atoms with Crippen LogP contribution in [0.1, 0.15) is 18.6 Å². The van der Waals surface area contributed by atoms with Crippen LogP contribution in [0, 0.1) is 5.92 Å². The van der Waals surface area contributed by atoms with Crippen LogP contribution in [-0.4, -0.2) is 5.91 Å². The van der Waals surface area contributed by atoms with Gasteiger partial charge in [-0.1, -0.05) is 0 Å². The predicted octanol–water partition coefficient (Wildman–Crippen LogP) is 3.16. The first-order chi connectivity index (χ1) is 9.84. The molecule has 3 rings (SSSR count). The summed E-state index contributed by atoms with van der Waals surface area (Å²) in [4.78, 5) is 23.4. The molecule has 0 spiro atoms. The van der Waals surface area contributed by atoms with E-state index in [-0.39, 0.29) is 22.8 Å². The lowest BCUT2D eigenvalue weighted by atomic mass is 10.2. The Hall–Kier alpha value is -2.31. The van der Waals surface area contributed by atoms with Gasteiger partial charge < -0.3 is 9.73 Å². The van der Waals surface area contributed by atoms with Crippen LogP contribution < -0.4 is 10.7 Å². The van der Waals surface area contributed by atoms with Crippen LogP contribution in [0.15, 0.2) is 33.5 Å². The second-order valence-corrected chi connectivity index (χ2v) is 4.95. The number of halogens is 3. The fraction of sp³-hybridized carbons (Fsp3) is 0.286. The van der Waals surface area contributed by atoms with E-state index in [4.69, 9.17) is 0 Å². The highest BCUT2D eigenvalue weighted by Crippen LogP contribution is 2.32. The lowest BCUT2D eigenvalue weighted by Crippen LogP contribution is -2.14. The van der Waals surface area contributed by atoms with Crippen molar-refractivity contribution in [3.63, 3.8) is 0 Å². The average Bonchev–Trinajstić information content (AvgIpc) is 3.22. The van der Waals surface area contributed by atoms with Gasteiger partial charge in [-0.05, 0) is 31.0 Å². The van der Waals surface area contributed by atoms with E-state index in [9.17, 15) is 22.8 Å². The van der Waals surface area contributed by atoms with E-state index in [2.05, 4.69) is 9.73 Å². The number of amides is 1. The van der Waals surface area contributed by atoms with Gasteiger partial charge in [-0.25, -0.2) is 0 Å². The van der Waals surface area contributed by atoms with E-state index in [1.807, 2.05) is 0 Å². The SMILES string of the molecule is O=C(Nc1ccc2oc(C(F)(F)F)cc(=O)c2c1)C1CC1. The molecule has 4 nitrogen and oxygen atoms in total. The summed E-state index contributed by atoms with van der Waals surface area (Å²) in [6.45, 7) is 0. The number of benzene rings is 1. The zero-order valence-corrected chi connectivity index (χ0v) is 10.7. The summed E-state index contributed by atoms with van der Waals surface area (Å²) in [5, 5.41) is 2.62. The number of hydrogen-bond acceptors (Lipinski definition) is 3. The number of carbonyl (C=O) groups excluding carboxylic acids is 1. The number of carbonyl (C=O) groups is 1. The number of alkyl halides is 3. The molecule has 110 valence electrons. The summed E-state index contributed by atoms with van der Waals surface area (Å²) in [5.74, 6) is -1.50.